The van der Waals surface area contributed by atoms with Crippen molar-refractivity contribution in [3.8, 4) is 5.75 Å². The summed E-state index contributed by atoms with van der Waals surface area (Å²) in [5.41, 5.74) is 12.8. The number of carboxylic acid groups (broad SMARTS) is 1. The molecule has 3 aromatic rings. The normalized spacial score (nSPS) is 13.6. The average molecular weight is 594 g/mol. The van der Waals surface area contributed by atoms with Crippen LogP contribution in [-0.4, -0.2) is 73.9 Å². The van der Waals surface area contributed by atoms with Gasteiger partial charge in [-0.25, -0.2) is 9.78 Å². The fourth-order valence-electron chi connectivity index (χ4n) is 4.20. The van der Waals surface area contributed by atoms with E-state index in [9.17, 15) is 34.2 Å². The number of phenols is 1. The lowest BCUT2D eigenvalue weighted by Crippen LogP contribution is -2.58. The molecular formula is C29H35N7O7. The quantitative estimate of drug-likeness (QED) is 0.104. The first-order chi connectivity index (χ1) is 20.5. The van der Waals surface area contributed by atoms with Crippen LogP contribution >= 0.6 is 0 Å². The van der Waals surface area contributed by atoms with Gasteiger partial charge in [-0.15, -0.1) is 0 Å². The zero-order valence-electron chi connectivity index (χ0n) is 23.2. The topological polar surface area (TPSA) is 243 Å². The molecule has 0 aliphatic carbocycles. The Morgan fingerprint density at radius 2 is 1.35 bits per heavy atom. The minimum Gasteiger partial charge on any atom is -0.508 e. The number of aromatic hydroxyl groups is 1. The van der Waals surface area contributed by atoms with Crippen LogP contribution in [0.4, 0.5) is 0 Å². The maximum absolute atomic E-state index is 13.6. The number of carbonyl (C=O) groups is 5. The van der Waals surface area contributed by atoms with Gasteiger partial charge in [0, 0.05) is 37.6 Å². The van der Waals surface area contributed by atoms with E-state index < -0.39 is 53.8 Å². The molecule has 0 aliphatic heterocycles. The van der Waals surface area contributed by atoms with Gasteiger partial charge < -0.3 is 42.6 Å². The molecule has 14 heteroatoms. The largest absolute Gasteiger partial charge is 0.508 e. The Morgan fingerprint density at radius 3 is 1.88 bits per heavy atom. The smallest absolute Gasteiger partial charge is 0.326 e. The number of nitrogens with two attached hydrogens (primary N) is 2. The molecule has 0 saturated carbocycles. The minimum absolute atomic E-state index is 0.00460. The first kappa shape index (κ1) is 32.3. The molecule has 4 unspecified atom stereocenters. The third-order valence-electron chi connectivity index (χ3n) is 6.56. The Morgan fingerprint density at radius 1 is 0.791 bits per heavy atom. The van der Waals surface area contributed by atoms with Gasteiger partial charge >= 0.3 is 5.97 Å². The summed E-state index contributed by atoms with van der Waals surface area (Å²) in [5, 5.41) is 27.1. The van der Waals surface area contributed by atoms with Gasteiger partial charge in [-0.05, 0) is 29.7 Å². The third kappa shape index (κ3) is 10.6. The number of hydrogen-bond acceptors (Lipinski definition) is 8. The minimum atomic E-state index is -1.32. The first-order valence-electron chi connectivity index (χ1n) is 13.5. The number of rotatable bonds is 16. The summed E-state index contributed by atoms with van der Waals surface area (Å²) in [6.07, 6.45) is 2.57. The summed E-state index contributed by atoms with van der Waals surface area (Å²) >= 11 is 0. The van der Waals surface area contributed by atoms with Crippen LogP contribution < -0.4 is 27.4 Å². The number of H-pyrrole nitrogens is 1. The number of imidazole rings is 1. The number of carboxylic acids is 1. The summed E-state index contributed by atoms with van der Waals surface area (Å²) in [4.78, 5) is 69.6. The fraction of sp³-hybridized carbons (Fsp3) is 0.310. The Labute approximate surface area is 247 Å². The molecule has 43 heavy (non-hydrogen) atoms. The van der Waals surface area contributed by atoms with Gasteiger partial charge in [-0.2, -0.15) is 0 Å². The van der Waals surface area contributed by atoms with Gasteiger partial charge in [0.1, 0.15) is 23.9 Å². The zero-order valence-corrected chi connectivity index (χ0v) is 23.2. The predicted molar refractivity (Wildman–Crippen MR) is 154 cm³/mol. The molecule has 0 bridgehead atoms. The number of hydrogen-bond donors (Lipinski definition) is 8. The van der Waals surface area contributed by atoms with E-state index >= 15 is 0 Å². The van der Waals surface area contributed by atoms with Crippen molar-refractivity contribution < 1.29 is 34.2 Å². The Balaban J connectivity index is 1.83. The van der Waals surface area contributed by atoms with E-state index in [1.807, 2.05) is 0 Å². The van der Waals surface area contributed by atoms with Crippen LogP contribution in [0.5, 0.6) is 5.75 Å². The van der Waals surface area contributed by atoms with Gasteiger partial charge in [0.2, 0.25) is 23.6 Å². The number of benzene rings is 2. The van der Waals surface area contributed by atoms with Crippen LogP contribution in [0.3, 0.4) is 0 Å². The maximum Gasteiger partial charge on any atom is 0.326 e. The van der Waals surface area contributed by atoms with Gasteiger partial charge in [-0.1, -0.05) is 42.5 Å². The molecule has 0 spiro atoms. The summed E-state index contributed by atoms with van der Waals surface area (Å²) in [6, 6.07) is 9.87. The summed E-state index contributed by atoms with van der Waals surface area (Å²) in [6.45, 7) is 0. The molecule has 14 nitrogen and oxygen atoms in total. The molecule has 10 N–H and O–H groups in total. The van der Waals surface area contributed by atoms with E-state index in [4.69, 9.17) is 11.5 Å². The van der Waals surface area contributed by atoms with Gasteiger partial charge in [0.15, 0.2) is 0 Å². The number of carbonyl (C=O) groups excluding carboxylic acids is 4. The van der Waals surface area contributed by atoms with Crippen molar-refractivity contribution in [3.05, 3.63) is 83.9 Å². The van der Waals surface area contributed by atoms with Gasteiger partial charge in [0.05, 0.1) is 12.4 Å². The van der Waals surface area contributed by atoms with E-state index in [-0.39, 0.29) is 37.9 Å². The Hall–Kier alpha value is -5.24. The highest BCUT2D eigenvalue weighted by Gasteiger charge is 2.31. The number of amides is 4. The number of aromatic nitrogens is 2. The lowest BCUT2D eigenvalue weighted by Gasteiger charge is -2.25. The van der Waals surface area contributed by atoms with Crippen molar-refractivity contribution in [2.75, 3.05) is 0 Å². The fourth-order valence-corrected chi connectivity index (χ4v) is 4.20. The number of aromatic amines is 1. The second-order valence-corrected chi connectivity index (χ2v) is 9.97. The molecule has 228 valence electrons. The number of phenolic OH excluding ortho intramolecular Hbond substituents is 1. The highest BCUT2D eigenvalue weighted by Crippen LogP contribution is 2.13. The van der Waals surface area contributed by atoms with Crippen LogP contribution in [0.2, 0.25) is 0 Å². The zero-order chi connectivity index (χ0) is 31.4. The molecule has 0 fully saturated rings. The van der Waals surface area contributed by atoms with Crippen molar-refractivity contribution >= 4 is 29.6 Å². The summed E-state index contributed by atoms with van der Waals surface area (Å²) < 4.78 is 0. The summed E-state index contributed by atoms with van der Waals surface area (Å²) in [5.74, 6) is -4.12. The van der Waals surface area contributed by atoms with E-state index in [0.29, 0.717) is 16.8 Å². The van der Waals surface area contributed by atoms with Crippen LogP contribution in [0.15, 0.2) is 67.1 Å². The van der Waals surface area contributed by atoms with Crippen molar-refractivity contribution in [1.29, 1.82) is 0 Å². The number of aliphatic carboxylic acids is 1. The Bertz CT molecular complexity index is 1380. The standard InChI is InChI=1S/C29H35N7O7/c30-21(10-11-25(31)38)26(39)34-22(13-18-6-8-20(37)9-7-18)27(40)35-23(12-17-4-2-1-3-5-17)28(41)36-24(29(42)43)14-19-15-32-16-33-19/h1-9,15-16,21-24,37H,10-14,30H2,(H2,31,38)(H,32,33)(H,34,39)(H,35,40)(H,36,41)(H,42,43). The highest BCUT2D eigenvalue weighted by molar-refractivity contribution is 5.94. The van der Waals surface area contributed by atoms with Crippen LogP contribution in [0.1, 0.15) is 29.7 Å². The average Bonchev–Trinajstić information content (AvgIpc) is 3.49. The van der Waals surface area contributed by atoms with Crippen molar-refractivity contribution in [1.82, 2.24) is 25.9 Å². The second kappa shape index (κ2) is 15.7. The van der Waals surface area contributed by atoms with Crippen LogP contribution in [0.25, 0.3) is 0 Å². The number of primary amides is 1. The van der Waals surface area contributed by atoms with Crippen molar-refractivity contribution in [3.63, 3.8) is 0 Å². The molecule has 4 atom stereocenters. The number of nitrogens with one attached hydrogen (secondary N) is 4. The van der Waals surface area contributed by atoms with E-state index in [0.717, 1.165) is 0 Å². The van der Waals surface area contributed by atoms with E-state index in [2.05, 4.69) is 25.9 Å². The molecule has 0 radical (unpaired) electrons. The van der Waals surface area contributed by atoms with Gasteiger partial charge in [0.25, 0.3) is 0 Å². The molecular weight excluding hydrogens is 558 g/mol. The molecule has 0 saturated heterocycles. The molecule has 3 rings (SSSR count). The predicted octanol–water partition coefficient (Wildman–Crippen LogP) is -0.725. The molecule has 4 amide bonds. The molecule has 2 aromatic carbocycles. The van der Waals surface area contributed by atoms with Gasteiger partial charge in [-0.3, -0.25) is 19.2 Å². The van der Waals surface area contributed by atoms with E-state index in [1.165, 1.54) is 24.7 Å². The molecule has 1 heterocycles. The van der Waals surface area contributed by atoms with Crippen LogP contribution in [-0.2, 0) is 43.2 Å². The van der Waals surface area contributed by atoms with Crippen LogP contribution in [0, 0.1) is 0 Å². The summed E-state index contributed by atoms with van der Waals surface area (Å²) in [7, 11) is 0. The van der Waals surface area contributed by atoms with Crippen molar-refractivity contribution in [2.45, 2.75) is 56.3 Å². The molecule has 1 aromatic heterocycles. The first-order valence-corrected chi connectivity index (χ1v) is 13.5. The highest BCUT2D eigenvalue weighted by atomic mass is 16.4. The molecule has 0 aliphatic rings. The monoisotopic (exact) mass is 593 g/mol. The SMILES string of the molecule is NC(=O)CCC(N)C(=O)NC(Cc1ccc(O)cc1)C(=O)NC(Cc1ccccc1)C(=O)NC(Cc1cnc[nH]1)C(=O)O. The van der Waals surface area contributed by atoms with Crippen molar-refractivity contribution in [2.24, 2.45) is 11.5 Å². The second-order valence-electron chi connectivity index (χ2n) is 9.97. The van der Waals surface area contributed by atoms with E-state index in [1.54, 1.807) is 42.5 Å². The lowest BCUT2D eigenvalue weighted by molar-refractivity contribution is -0.142. The maximum atomic E-state index is 13.6. The number of nitrogens with zero attached hydrogens (tertiary/aromatic N) is 1. The third-order valence-corrected chi connectivity index (χ3v) is 6.56. The Kier molecular flexibility index (Phi) is 11.8. The lowest BCUT2D eigenvalue weighted by atomic mass is 10.0.